The van der Waals surface area contributed by atoms with Gasteiger partial charge in [0.1, 0.15) is 11.9 Å². The number of ether oxygens (including phenoxy) is 2. The maximum absolute atomic E-state index is 13.8. The smallest absolute Gasteiger partial charge is 0.409 e. The number of hydrogen-bond donors (Lipinski definition) is 1. The molecular weight excluding hydrogens is 640 g/mol. The fourth-order valence-electron chi connectivity index (χ4n) is 7.25. The SMILES string of the molecule is [2H]C([2H])([2H])N1C/C=C/[C@H](OC(=O)N(C)C)[C@@H]2CC[C@H]2CN2C[C@@]3(CCCc4cc(Cl)ccc43)COc3ccc(cc32)S(=O)(=O)NC(=O)C1(C)C. The fraction of sp³-hybridized carbons (Fsp3) is 0.543. The maximum atomic E-state index is 13.8. The molecule has 2 amide bonds. The first-order valence-corrected chi connectivity index (χ1v) is 18.0. The summed E-state index contributed by atoms with van der Waals surface area (Å²) < 4.78 is 66.9. The molecule has 0 saturated heterocycles. The Kier molecular flexibility index (Phi) is 8.02. The molecule has 0 unspecified atom stereocenters. The number of aryl methyl sites for hydroxylation is 1. The Hall–Kier alpha value is -3.28. The van der Waals surface area contributed by atoms with Gasteiger partial charge < -0.3 is 19.3 Å². The van der Waals surface area contributed by atoms with E-state index in [4.69, 9.17) is 25.2 Å². The number of sulfonamides is 1. The van der Waals surface area contributed by atoms with Gasteiger partial charge in [0, 0.05) is 54.2 Å². The highest BCUT2D eigenvalue weighted by Crippen LogP contribution is 2.47. The summed E-state index contributed by atoms with van der Waals surface area (Å²) in [7, 11) is -1.22. The summed E-state index contributed by atoms with van der Waals surface area (Å²) in [6.07, 6.45) is 6.44. The van der Waals surface area contributed by atoms with Crippen LogP contribution in [0.1, 0.15) is 54.8 Å². The van der Waals surface area contributed by atoms with Gasteiger partial charge in [0.05, 0.1) is 22.7 Å². The van der Waals surface area contributed by atoms with E-state index in [0.717, 1.165) is 37.0 Å². The molecule has 12 heteroatoms. The van der Waals surface area contributed by atoms with Gasteiger partial charge in [-0.15, -0.1) is 0 Å². The molecule has 6 rings (SSSR count). The molecule has 4 atom stereocenters. The van der Waals surface area contributed by atoms with Crippen molar-refractivity contribution in [1.29, 1.82) is 0 Å². The molecule has 1 spiro atoms. The van der Waals surface area contributed by atoms with Gasteiger partial charge in [-0.05, 0) is 106 Å². The van der Waals surface area contributed by atoms with Crippen LogP contribution in [0, 0.1) is 11.8 Å². The second kappa shape index (κ2) is 12.6. The summed E-state index contributed by atoms with van der Waals surface area (Å²) in [6, 6.07) is 10.6. The number of hydrogen-bond acceptors (Lipinski definition) is 8. The molecule has 2 aromatic carbocycles. The normalized spacial score (nSPS) is 30.4. The van der Waals surface area contributed by atoms with Gasteiger partial charge in [-0.1, -0.05) is 23.7 Å². The minimum atomic E-state index is -4.43. The van der Waals surface area contributed by atoms with Gasteiger partial charge in [-0.2, -0.15) is 0 Å². The number of benzene rings is 2. The number of fused-ring (bicyclic) bond motifs is 4. The van der Waals surface area contributed by atoms with E-state index in [9.17, 15) is 18.0 Å². The topological polar surface area (TPSA) is 108 Å². The number of nitrogens with zero attached hydrogens (tertiary/aromatic N) is 3. The van der Waals surface area contributed by atoms with Crippen LogP contribution in [0.2, 0.25) is 5.02 Å². The van der Waals surface area contributed by atoms with Gasteiger partial charge in [0.25, 0.3) is 15.9 Å². The zero-order chi connectivity index (χ0) is 36.2. The third-order valence-corrected chi connectivity index (χ3v) is 11.9. The van der Waals surface area contributed by atoms with E-state index in [1.165, 1.54) is 42.0 Å². The molecule has 2 bridgehead atoms. The number of amides is 2. The Morgan fingerprint density at radius 3 is 2.72 bits per heavy atom. The van der Waals surface area contributed by atoms with Crippen molar-refractivity contribution in [2.45, 2.75) is 67.9 Å². The lowest BCUT2D eigenvalue weighted by molar-refractivity contribution is -0.128. The molecule has 2 aromatic rings. The van der Waals surface area contributed by atoms with Crippen LogP contribution in [0.15, 0.2) is 53.4 Å². The first-order chi connectivity index (χ1) is 23.4. The molecule has 0 aromatic heterocycles. The number of anilines is 1. The van der Waals surface area contributed by atoms with Crippen molar-refractivity contribution in [3.8, 4) is 5.75 Å². The molecule has 0 radical (unpaired) electrons. The van der Waals surface area contributed by atoms with Crippen LogP contribution in [-0.4, -0.2) is 89.2 Å². The number of nitrogens with one attached hydrogen (secondary N) is 1. The second-order valence-electron chi connectivity index (χ2n) is 14.0. The van der Waals surface area contributed by atoms with E-state index in [0.29, 0.717) is 36.2 Å². The first kappa shape index (κ1) is 29.8. The number of likely N-dealkylation sites (N-methyl/N-ethyl adjacent to an activating group) is 1. The molecule has 1 fully saturated rings. The largest absolute Gasteiger partial charge is 0.490 e. The van der Waals surface area contributed by atoms with Gasteiger partial charge >= 0.3 is 6.09 Å². The quantitative estimate of drug-likeness (QED) is 0.418. The lowest BCUT2D eigenvalue weighted by Gasteiger charge is -2.46. The van der Waals surface area contributed by atoms with Crippen molar-refractivity contribution in [3.63, 3.8) is 0 Å². The molecule has 47 heavy (non-hydrogen) atoms. The van der Waals surface area contributed by atoms with Crippen molar-refractivity contribution in [2.24, 2.45) is 11.8 Å². The molecule has 2 aliphatic heterocycles. The Bertz CT molecular complexity index is 1800. The number of halogens is 1. The van der Waals surface area contributed by atoms with Gasteiger partial charge in [0.2, 0.25) is 0 Å². The number of carbonyl (C=O) groups is 2. The monoisotopic (exact) mass is 687 g/mol. The van der Waals surface area contributed by atoms with Crippen LogP contribution in [-0.2, 0) is 31.4 Å². The third-order valence-electron chi connectivity index (χ3n) is 10.3. The van der Waals surface area contributed by atoms with Crippen LogP contribution in [0.5, 0.6) is 5.75 Å². The Morgan fingerprint density at radius 1 is 1.19 bits per heavy atom. The Balaban J connectivity index is 1.47. The summed E-state index contributed by atoms with van der Waals surface area (Å²) in [5, 5.41) is 0.675. The van der Waals surface area contributed by atoms with E-state index >= 15 is 0 Å². The van der Waals surface area contributed by atoms with Gasteiger partial charge in [0.15, 0.2) is 0 Å². The maximum Gasteiger partial charge on any atom is 0.409 e. The molecule has 10 nitrogen and oxygen atoms in total. The molecule has 2 aliphatic carbocycles. The number of rotatable bonds is 1. The Labute approximate surface area is 287 Å². The summed E-state index contributed by atoms with van der Waals surface area (Å²) in [5.41, 5.74) is 0.745. The minimum Gasteiger partial charge on any atom is -0.490 e. The van der Waals surface area contributed by atoms with Crippen LogP contribution in [0.4, 0.5) is 10.5 Å². The van der Waals surface area contributed by atoms with Crippen LogP contribution in [0.3, 0.4) is 0 Å². The lowest BCUT2D eigenvalue weighted by atomic mass is 9.68. The summed E-state index contributed by atoms with van der Waals surface area (Å²) in [4.78, 5) is 30.9. The molecular formula is C35H45ClN4O6S. The summed E-state index contributed by atoms with van der Waals surface area (Å²) in [6.45, 7) is 1.22. The summed E-state index contributed by atoms with van der Waals surface area (Å²) >= 11 is 6.42. The van der Waals surface area contributed by atoms with E-state index in [1.54, 1.807) is 32.3 Å². The fourth-order valence-corrected chi connectivity index (χ4v) is 8.57. The standard InChI is InChI=1S/C35H45ClN4O6S/c1-34(2)32(41)37-47(43,44)26-12-15-31-29(19-26)40(21-35(22-45-31)16-6-8-23-18-25(36)11-14-28(23)35)20-24-10-13-27(24)30(9-7-17-39(34)5)46-33(42)38(3)4/h7,9,11-12,14-15,18-19,24,27,30H,6,8,10,13,16-17,20-22H2,1-5H3,(H,37,41)/b9-7+/t24-,27+,30-,35-/m0/s1/i5D3. The zero-order valence-electron chi connectivity index (χ0n) is 30.3. The lowest BCUT2D eigenvalue weighted by Crippen LogP contribution is -2.54. The van der Waals surface area contributed by atoms with E-state index in [1.807, 2.05) is 12.1 Å². The molecule has 1 saturated carbocycles. The molecule has 1 N–H and O–H groups in total. The highest BCUT2D eigenvalue weighted by molar-refractivity contribution is 7.90. The molecule has 2 heterocycles. The van der Waals surface area contributed by atoms with E-state index in [-0.39, 0.29) is 23.3 Å². The second-order valence-corrected chi connectivity index (χ2v) is 16.1. The van der Waals surface area contributed by atoms with Gasteiger partial charge in [-0.25, -0.2) is 17.9 Å². The minimum absolute atomic E-state index is 0.0546. The van der Waals surface area contributed by atoms with Crippen molar-refractivity contribution in [2.75, 3.05) is 52.2 Å². The summed E-state index contributed by atoms with van der Waals surface area (Å²) in [5.74, 6) is -0.509. The van der Waals surface area contributed by atoms with Crippen LogP contribution < -0.4 is 14.4 Å². The van der Waals surface area contributed by atoms with Crippen molar-refractivity contribution < 1.29 is 31.6 Å². The Morgan fingerprint density at radius 2 is 2.00 bits per heavy atom. The zero-order valence-corrected chi connectivity index (χ0v) is 28.9. The van der Waals surface area contributed by atoms with Crippen LogP contribution >= 0.6 is 11.6 Å². The van der Waals surface area contributed by atoms with Crippen molar-refractivity contribution in [1.82, 2.24) is 14.5 Å². The first-order valence-electron chi connectivity index (χ1n) is 17.6. The molecule has 4 aliphatic rings. The predicted octanol–water partition coefficient (Wildman–Crippen LogP) is 4.99. The van der Waals surface area contributed by atoms with Crippen molar-refractivity contribution >= 4 is 39.3 Å². The van der Waals surface area contributed by atoms with Gasteiger partial charge in [-0.3, -0.25) is 9.69 Å². The highest BCUT2D eigenvalue weighted by atomic mass is 35.5. The number of carbonyl (C=O) groups excluding carboxylic acids is 2. The van der Waals surface area contributed by atoms with Crippen LogP contribution in [0.25, 0.3) is 0 Å². The van der Waals surface area contributed by atoms with E-state index in [2.05, 4.69) is 15.7 Å². The highest BCUT2D eigenvalue weighted by Gasteiger charge is 2.45. The predicted molar refractivity (Wildman–Crippen MR) is 182 cm³/mol. The van der Waals surface area contributed by atoms with E-state index < -0.39 is 46.1 Å². The average molecular weight is 688 g/mol. The average Bonchev–Trinajstić information content (AvgIpc) is 3.16. The van der Waals surface area contributed by atoms with Crippen molar-refractivity contribution in [3.05, 3.63) is 64.7 Å². The molecule has 254 valence electrons. The third kappa shape index (κ3) is 6.46.